The largest absolute Gasteiger partial charge is 0.344 e. The topological polar surface area (TPSA) is 51.5 Å². The van der Waals surface area contributed by atoms with E-state index in [1.54, 1.807) is 0 Å². The van der Waals surface area contributed by atoms with Gasteiger partial charge in [0.1, 0.15) is 12.0 Å². The predicted molar refractivity (Wildman–Crippen MR) is 261 cm³/mol. The number of amidine groups is 2. The summed E-state index contributed by atoms with van der Waals surface area (Å²) in [5, 5.41) is 11.0. The Morgan fingerprint density at radius 3 is 1.44 bits per heavy atom. The molecule has 0 fully saturated rings. The Bertz CT molecular complexity index is 3710. The first kappa shape index (κ1) is 35.3. The molecule has 3 aromatic heterocycles. The average molecular weight is 807 g/mol. The van der Waals surface area contributed by atoms with Crippen molar-refractivity contribution in [3.8, 4) is 17.1 Å². The summed E-state index contributed by atoms with van der Waals surface area (Å²) in [7, 11) is 0. The van der Waals surface area contributed by atoms with Crippen molar-refractivity contribution in [1.82, 2.24) is 19.0 Å². The first-order valence-corrected chi connectivity index (χ1v) is 21.5. The van der Waals surface area contributed by atoms with Crippen molar-refractivity contribution in [2.24, 2.45) is 9.98 Å². The van der Waals surface area contributed by atoms with E-state index in [0.29, 0.717) is 5.84 Å². The van der Waals surface area contributed by atoms with E-state index in [2.05, 4.69) is 213 Å². The molecule has 1 N–H and O–H groups in total. The number of nitrogens with one attached hydrogen (secondary N) is 1. The Morgan fingerprint density at radius 1 is 0.365 bits per heavy atom. The highest BCUT2D eigenvalue weighted by Gasteiger charge is 2.27. The zero-order valence-corrected chi connectivity index (χ0v) is 34.1. The third kappa shape index (κ3) is 5.51. The van der Waals surface area contributed by atoms with E-state index < -0.39 is 0 Å². The fraction of sp³-hybridized carbons (Fsp3) is 0.0175. The van der Waals surface area contributed by atoms with Gasteiger partial charge in [0, 0.05) is 54.8 Å². The lowest BCUT2D eigenvalue weighted by Crippen LogP contribution is -2.34. The Morgan fingerprint density at radius 2 is 0.841 bits per heavy atom. The van der Waals surface area contributed by atoms with Gasteiger partial charge in [-0.2, -0.15) is 0 Å². The quantitative estimate of drug-likeness (QED) is 0.179. The molecule has 63 heavy (non-hydrogen) atoms. The summed E-state index contributed by atoms with van der Waals surface area (Å²) in [6, 6.07) is 78.1. The van der Waals surface area contributed by atoms with E-state index >= 15 is 0 Å². The van der Waals surface area contributed by atoms with Crippen LogP contribution in [0.4, 0.5) is 0 Å². The molecule has 4 heterocycles. The van der Waals surface area contributed by atoms with E-state index in [9.17, 15) is 0 Å². The molecule has 0 saturated heterocycles. The number of aliphatic imine (C=N–C) groups is 2. The third-order valence-corrected chi connectivity index (χ3v) is 12.7. The molecule has 0 amide bonds. The van der Waals surface area contributed by atoms with Gasteiger partial charge >= 0.3 is 0 Å². The van der Waals surface area contributed by atoms with Crippen molar-refractivity contribution in [3.63, 3.8) is 0 Å². The zero-order valence-electron chi connectivity index (χ0n) is 34.1. The summed E-state index contributed by atoms with van der Waals surface area (Å²) in [6.07, 6.45) is -0.352. The molecule has 6 nitrogen and oxygen atoms in total. The fourth-order valence-electron chi connectivity index (χ4n) is 9.90. The maximum atomic E-state index is 5.42. The van der Waals surface area contributed by atoms with Crippen LogP contribution >= 0.6 is 0 Å². The summed E-state index contributed by atoms with van der Waals surface area (Å²) < 4.78 is 7.26. The van der Waals surface area contributed by atoms with Crippen LogP contribution in [0.3, 0.4) is 0 Å². The van der Waals surface area contributed by atoms with Gasteiger partial charge in [-0.15, -0.1) is 0 Å². The van der Waals surface area contributed by atoms with E-state index in [-0.39, 0.29) is 6.17 Å². The number of para-hydroxylation sites is 5. The highest BCUT2D eigenvalue weighted by atomic mass is 15.2. The monoisotopic (exact) mass is 806 g/mol. The molecule has 1 unspecified atom stereocenters. The highest BCUT2D eigenvalue weighted by Crippen LogP contribution is 2.41. The lowest BCUT2D eigenvalue weighted by Gasteiger charge is -2.25. The van der Waals surface area contributed by atoms with Gasteiger partial charge in [0.25, 0.3) is 0 Å². The van der Waals surface area contributed by atoms with Crippen molar-refractivity contribution in [3.05, 3.63) is 235 Å². The standard InChI is InChI=1S/C57H38N6/c1-4-18-37(19-5-1)55-58-56(38-20-6-2-7-21-38)60-57(59-55)47-35-46-45-33-32-40(62-48-28-14-10-24-41(48)42-25-11-15-29-49(42)62)34-52(45)61(39-22-8-3-9-23-39)53(46)36-54(47)63-50-30-16-12-26-43(50)44-27-13-17-31-51(44)63/h1-36,55H,(H,58,59,60). The van der Waals surface area contributed by atoms with Crippen LogP contribution in [-0.4, -0.2) is 25.4 Å². The Balaban J connectivity index is 1.14. The van der Waals surface area contributed by atoms with Gasteiger partial charge < -0.3 is 19.0 Å². The van der Waals surface area contributed by atoms with Crippen LogP contribution in [0.1, 0.15) is 22.9 Å². The van der Waals surface area contributed by atoms with Crippen LogP contribution in [0.5, 0.6) is 0 Å². The first-order chi connectivity index (χ1) is 31.3. The number of aromatic nitrogens is 3. The Hall–Kier alpha value is -8.48. The minimum absolute atomic E-state index is 0.352. The van der Waals surface area contributed by atoms with Gasteiger partial charge in [0.2, 0.25) is 0 Å². The molecule has 1 aliphatic heterocycles. The molecule has 0 spiro atoms. The van der Waals surface area contributed by atoms with Crippen LogP contribution in [0.25, 0.3) is 82.5 Å². The van der Waals surface area contributed by atoms with Crippen molar-refractivity contribution in [2.45, 2.75) is 6.17 Å². The summed E-state index contributed by atoms with van der Waals surface area (Å²) in [5.74, 6) is 1.45. The van der Waals surface area contributed by atoms with E-state index in [1.165, 1.54) is 32.6 Å². The summed E-state index contributed by atoms with van der Waals surface area (Å²) >= 11 is 0. The summed E-state index contributed by atoms with van der Waals surface area (Å²) in [5.41, 5.74) is 13.1. The van der Waals surface area contributed by atoms with Gasteiger partial charge in [-0.05, 0) is 66.2 Å². The molecule has 0 bridgehead atoms. The Labute approximate surface area is 362 Å². The second-order valence-electron chi connectivity index (χ2n) is 16.2. The number of hydrogen-bond acceptors (Lipinski definition) is 3. The van der Waals surface area contributed by atoms with Crippen LogP contribution in [-0.2, 0) is 0 Å². The van der Waals surface area contributed by atoms with E-state index in [1.807, 2.05) is 24.3 Å². The van der Waals surface area contributed by atoms with Gasteiger partial charge in [-0.1, -0.05) is 158 Å². The number of rotatable bonds is 6. The maximum Gasteiger partial charge on any atom is 0.159 e. The van der Waals surface area contributed by atoms with E-state index in [0.717, 1.165) is 72.4 Å². The van der Waals surface area contributed by atoms with Gasteiger partial charge in [-0.25, -0.2) is 9.98 Å². The normalized spacial score (nSPS) is 14.2. The third-order valence-electron chi connectivity index (χ3n) is 12.7. The minimum atomic E-state index is -0.352. The van der Waals surface area contributed by atoms with Crippen molar-refractivity contribution in [1.29, 1.82) is 0 Å². The van der Waals surface area contributed by atoms with Crippen LogP contribution in [0, 0.1) is 0 Å². The molecule has 1 atom stereocenters. The van der Waals surface area contributed by atoms with Gasteiger partial charge in [0.15, 0.2) is 5.84 Å². The first-order valence-electron chi connectivity index (χ1n) is 21.5. The number of fused-ring (bicyclic) bond motifs is 9. The molecule has 1 aliphatic rings. The van der Waals surface area contributed by atoms with Crippen molar-refractivity contribution < 1.29 is 0 Å². The maximum absolute atomic E-state index is 5.42. The average Bonchev–Trinajstić information content (AvgIpc) is 3.99. The molecule has 6 heteroatoms. The SMILES string of the molecule is c1ccc(C2=NC(c3ccccc3)NC(c3cc4c5ccc(-n6c7ccccc7c7ccccc76)cc5n(-c5ccccc5)c4cc3-n3c4ccccc4c4ccccc43)=N2)cc1. The number of benzene rings is 9. The Kier molecular flexibility index (Phi) is 7.87. The molecule has 0 aliphatic carbocycles. The second kappa shape index (κ2) is 14.0. The van der Waals surface area contributed by atoms with Crippen LogP contribution < -0.4 is 5.32 Å². The number of nitrogens with zero attached hydrogens (tertiary/aromatic N) is 5. The molecule has 12 aromatic rings. The highest BCUT2D eigenvalue weighted by molar-refractivity contribution is 6.20. The molecular weight excluding hydrogens is 769 g/mol. The minimum Gasteiger partial charge on any atom is -0.344 e. The molecule has 13 rings (SSSR count). The van der Waals surface area contributed by atoms with Crippen molar-refractivity contribution in [2.75, 3.05) is 0 Å². The molecule has 0 radical (unpaired) electrons. The van der Waals surface area contributed by atoms with Gasteiger partial charge in [0.05, 0.1) is 38.8 Å². The fourth-order valence-corrected chi connectivity index (χ4v) is 9.90. The van der Waals surface area contributed by atoms with Crippen LogP contribution in [0.15, 0.2) is 228 Å². The smallest absolute Gasteiger partial charge is 0.159 e. The molecule has 296 valence electrons. The van der Waals surface area contributed by atoms with Gasteiger partial charge in [-0.3, -0.25) is 0 Å². The molecular formula is C57H38N6. The lowest BCUT2D eigenvalue weighted by molar-refractivity contribution is 0.674. The second-order valence-corrected chi connectivity index (χ2v) is 16.2. The molecule has 9 aromatic carbocycles. The van der Waals surface area contributed by atoms with Crippen LogP contribution in [0.2, 0.25) is 0 Å². The molecule has 0 saturated carbocycles. The van der Waals surface area contributed by atoms with Crippen molar-refractivity contribution >= 4 is 77.1 Å². The lowest BCUT2D eigenvalue weighted by atomic mass is 10.0. The number of hydrogen-bond donors (Lipinski definition) is 1. The summed E-state index contributed by atoms with van der Waals surface area (Å²) in [6.45, 7) is 0. The van der Waals surface area contributed by atoms with E-state index in [4.69, 9.17) is 9.98 Å². The predicted octanol–water partition coefficient (Wildman–Crippen LogP) is 13.5. The summed E-state index contributed by atoms with van der Waals surface area (Å²) in [4.78, 5) is 10.6. The zero-order chi connectivity index (χ0) is 41.4.